The molecule has 1 fully saturated rings. The van der Waals surface area contributed by atoms with Gasteiger partial charge in [0, 0.05) is 43.3 Å². The first kappa shape index (κ1) is 11.9. The van der Waals surface area contributed by atoms with Crippen LogP contribution in [0, 0.1) is 0 Å². The van der Waals surface area contributed by atoms with Crippen molar-refractivity contribution in [2.75, 3.05) is 12.4 Å². The molecule has 1 aromatic heterocycles. The monoisotopic (exact) mass is 241 g/mol. The molecule has 0 aromatic carbocycles. The molecule has 0 saturated heterocycles. The van der Waals surface area contributed by atoms with E-state index in [0.717, 1.165) is 18.8 Å². The number of alkyl halides is 1. The Hall–Kier alpha value is -0.540. The topological polar surface area (TPSA) is 29.9 Å². The third kappa shape index (κ3) is 2.58. The van der Waals surface area contributed by atoms with Gasteiger partial charge < -0.3 is 5.32 Å². The molecule has 0 aliphatic heterocycles. The highest BCUT2D eigenvalue weighted by Crippen LogP contribution is 2.30. The standard InChI is InChI=1S/C12H20ClN3/c1-16-11(5-9-15-16)4-8-14-12(10-13)6-2-3-7-12/h5,9,14H,2-4,6-8,10H2,1H3. The van der Waals surface area contributed by atoms with E-state index in [-0.39, 0.29) is 5.54 Å². The van der Waals surface area contributed by atoms with Crippen molar-refractivity contribution in [1.29, 1.82) is 0 Å². The fraction of sp³-hybridized carbons (Fsp3) is 0.750. The number of nitrogens with zero attached hydrogens (tertiary/aromatic N) is 2. The third-order valence-electron chi connectivity index (χ3n) is 3.62. The minimum absolute atomic E-state index is 0.208. The molecule has 2 rings (SSSR count). The van der Waals surface area contributed by atoms with Crippen LogP contribution in [0.3, 0.4) is 0 Å². The second-order valence-electron chi connectivity index (χ2n) is 4.74. The second-order valence-corrected chi connectivity index (χ2v) is 5.01. The first-order valence-electron chi connectivity index (χ1n) is 6.04. The van der Waals surface area contributed by atoms with Crippen LogP contribution in [-0.4, -0.2) is 27.7 Å². The Balaban J connectivity index is 1.81. The summed E-state index contributed by atoms with van der Waals surface area (Å²) in [5.41, 5.74) is 1.48. The zero-order valence-electron chi connectivity index (χ0n) is 9.88. The molecule has 0 spiro atoms. The number of aryl methyl sites for hydroxylation is 1. The van der Waals surface area contributed by atoms with E-state index in [0.29, 0.717) is 0 Å². The average molecular weight is 242 g/mol. The SMILES string of the molecule is Cn1nccc1CCNC1(CCl)CCCC1. The normalized spacial score (nSPS) is 19.1. The van der Waals surface area contributed by atoms with Crippen molar-refractivity contribution in [3.63, 3.8) is 0 Å². The molecule has 16 heavy (non-hydrogen) atoms. The lowest BCUT2D eigenvalue weighted by molar-refractivity contribution is 0.371. The summed E-state index contributed by atoms with van der Waals surface area (Å²) >= 11 is 6.08. The molecule has 0 atom stereocenters. The maximum atomic E-state index is 6.08. The van der Waals surface area contributed by atoms with E-state index in [2.05, 4.69) is 16.5 Å². The average Bonchev–Trinajstić information content (AvgIpc) is 2.90. The van der Waals surface area contributed by atoms with Gasteiger partial charge in [0.1, 0.15) is 0 Å². The van der Waals surface area contributed by atoms with Gasteiger partial charge in [-0.1, -0.05) is 12.8 Å². The Morgan fingerprint density at radius 2 is 2.25 bits per heavy atom. The Morgan fingerprint density at radius 3 is 2.81 bits per heavy atom. The molecular weight excluding hydrogens is 222 g/mol. The number of halogens is 1. The first-order valence-corrected chi connectivity index (χ1v) is 6.57. The van der Waals surface area contributed by atoms with Gasteiger partial charge in [-0.3, -0.25) is 4.68 Å². The maximum absolute atomic E-state index is 6.08. The number of hydrogen-bond donors (Lipinski definition) is 1. The number of rotatable bonds is 5. The number of nitrogens with one attached hydrogen (secondary N) is 1. The zero-order chi connectivity index (χ0) is 11.4. The molecule has 1 saturated carbocycles. The molecule has 1 heterocycles. The van der Waals surface area contributed by atoms with E-state index in [4.69, 9.17) is 11.6 Å². The molecular formula is C12H20ClN3. The van der Waals surface area contributed by atoms with Crippen LogP contribution in [0.1, 0.15) is 31.4 Å². The van der Waals surface area contributed by atoms with Gasteiger partial charge in [-0.2, -0.15) is 5.10 Å². The second kappa shape index (κ2) is 5.19. The molecule has 1 aliphatic carbocycles. The summed E-state index contributed by atoms with van der Waals surface area (Å²) in [5, 5.41) is 7.80. The molecule has 3 nitrogen and oxygen atoms in total. The molecule has 1 N–H and O–H groups in total. The predicted octanol–water partition coefficient (Wildman–Crippen LogP) is 2.10. The van der Waals surface area contributed by atoms with Crippen molar-refractivity contribution in [3.8, 4) is 0 Å². The number of hydrogen-bond acceptors (Lipinski definition) is 2. The number of aromatic nitrogens is 2. The molecule has 0 radical (unpaired) electrons. The largest absolute Gasteiger partial charge is 0.310 e. The van der Waals surface area contributed by atoms with Crippen LogP contribution in [0.5, 0.6) is 0 Å². The molecule has 0 unspecified atom stereocenters. The highest BCUT2D eigenvalue weighted by atomic mass is 35.5. The third-order valence-corrected chi connectivity index (χ3v) is 4.13. The Labute approximate surface area is 102 Å². The van der Waals surface area contributed by atoms with Gasteiger partial charge in [-0.25, -0.2) is 0 Å². The maximum Gasteiger partial charge on any atom is 0.0492 e. The quantitative estimate of drug-likeness (QED) is 0.801. The van der Waals surface area contributed by atoms with Crippen molar-refractivity contribution in [1.82, 2.24) is 15.1 Å². The van der Waals surface area contributed by atoms with Crippen LogP contribution >= 0.6 is 11.6 Å². The van der Waals surface area contributed by atoms with Crippen molar-refractivity contribution in [2.45, 2.75) is 37.6 Å². The van der Waals surface area contributed by atoms with Crippen molar-refractivity contribution in [2.24, 2.45) is 7.05 Å². The van der Waals surface area contributed by atoms with E-state index in [1.807, 2.05) is 17.9 Å². The van der Waals surface area contributed by atoms with Crippen LogP contribution in [0.4, 0.5) is 0 Å². The molecule has 1 aliphatic rings. The molecule has 90 valence electrons. The molecule has 4 heteroatoms. The summed E-state index contributed by atoms with van der Waals surface area (Å²) in [6.45, 7) is 0.992. The summed E-state index contributed by atoms with van der Waals surface area (Å²) < 4.78 is 1.93. The highest BCUT2D eigenvalue weighted by molar-refractivity contribution is 6.18. The minimum atomic E-state index is 0.208. The lowest BCUT2D eigenvalue weighted by Gasteiger charge is -2.28. The molecule has 0 bridgehead atoms. The van der Waals surface area contributed by atoms with Crippen molar-refractivity contribution in [3.05, 3.63) is 18.0 Å². The lowest BCUT2D eigenvalue weighted by atomic mass is 10.0. The Morgan fingerprint density at radius 1 is 1.50 bits per heavy atom. The lowest BCUT2D eigenvalue weighted by Crippen LogP contribution is -2.45. The zero-order valence-corrected chi connectivity index (χ0v) is 10.6. The summed E-state index contributed by atoms with van der Waals surface area (Å²) in [6.07, 6.45) is 7.94. The summed E-state index contributed by atoms with van der Waals surface area (Å²) in [5.74, 6) is 0.735. The first-order chi connectivity index (χ1) is 7.76. The predicted molar refractivity (Wildman–Crippen MR) is 66.8 cm³/mol. The summed E-state index contributed by atoms with van der Waals surface area (Å²) in [7, 11) is 1.99. The van der Waals surface area contributed by atoms with Crippen molar-refractivity contribution >= 4 is 11.6 Å². The molecule has 0 amide bonds. The van der Waals surface area contributed by atoms with Crippen LogP contribution in [0.25, 0.3) is 0 Å². The van der Waals surface area contributed by atoms with Crippen LogP contribution in [-0.2, 0) is 13.5 Å². The fourth-order valence-electron chi connectivity index (χ4n) is 2.51. The smallest absolute Gasteiger partial charge is 0.0492 e. The Bertz CT molecular complexity index is 329. The summed E-state index contributed by atoms with van der Waals surface area (Å²) in [6, 6.07) is 2.07. The van der Waals surface area contributed by atoms with E-state index >= 15 is 0 Å². The van der Waals surface area contributed by atoms with Gasteiger partial charge in [0.25, 0.3) is 0 Å². The Kier molecular flexibility index (Phi) is 3.87. The van der Waals surface area contributed by atoms with Gasteiger partial charge >= 0.3 is 0 Å². The van der Waals surface area contributed by atoms with Gasteiger partial charge in [0.2, 0.25) is 0 Å². The van der Waals surface area contributed by atoms with Gasteiger partial charge in [-0.05, 0) is 18.9 Å². The van der Waals surface area contributed by atoms with Crippen LogP contribution in [0.15, 0.2) is 12.3 Å². The van der Waals surface area contributed by atoms with E-state index in [1.54, 1.807) is 0 Å². The summed E-state index contributed by atoms with van der Waals surface area (Å²) in [4.78, 5) is 0. The van der Waals surface area contributed by atoms with Gasteiger partial charge in [0.15, 0.2) is 0 Å². The van der Waals surface area contributed by atoms with Crippen LogP contribution in [0.2, 0.25) is 0 Å². The highest BCUT2D eigenvalue weighted by Gasteiger charge is 2.31. The van der Waals surface area contributed by atoms with Crippen LogP contribution < -0.4 is 5.32 Å². The molecule has 1 aromatic rings. The minimum Gasteiger partial charge on any atom is -0.310 e. The van der Waals surface area contributed by atoms with Crippen molar-refractivity contribution < 1.29 is 0 Å². The van der Waals surface area contributed by atoms with Gasteiger partial charge in [0.05, 0.1) is 0 Å². The van der Waals surface area contributed by atoms with Gasteiger partial charge in [-0.15, -0.1) is 11.6 Å². The van der Waals surface area contributed by atoms with E-state index in [9.17, 15) is 0 Å². The fourth-order valence-corrected chi connectivity index (χ4v) is 2.87. The van der Waals surface area contributed by atoms with E-state index in [1.165, 1.54) is 31.4 Å². The van der Waals surface area contributed by atoms with E-state index < -0.39 is 0 Å².